The Morgan fingerprint density at radius 1 is 1.47 bits per heavy atom. The summed E-state index contributed by atoms with van der Waals surface area (Å²) in [5.41, 5.74) is 6.78. The summed E-state index contributed by atoms with van der Waals surface area (Å²) in [6.07, 6.45) is 2.42. The zero-order chi connectivity index (χ0) is 13.8. The van der Waals surface area contributed by atoms with Gasteiger partial charge in [0, 0.05) is 18.8 Å². The van der Waals surface area contributed by atoms with Crippen LogP contribution in [0.4, 0.5) is 11.4 Å². The Morgan fingerprint density at radius 2 is 2.26 bits per heavy atom. The van der Waals surface area contributed by atoms with Crippen LogP contribution < -0.4 is 11.1 Å². The second kappa shape index (κ2) is 5.62. The molecule has 3 N–H and O–H groups in total. The van der Waals surface area contributed by atoms with Crippen LogP contribution in [0.25, 0.3) is 10.9 Å². The molecule has 0 saturated heterocycles. The maximum absolute atomic E-state index is 11.3. The molecule has 1 aromatic heterocycles. The molecule has 0 spiro atoms. The molecule has 2 rings (SSSR count). The molecule has 1 atom stereocenters. The average molecular weight is 260 g/mol. The molecule has 6 heteroatoms. The van der Waals surface area contributed by atoms with Crippen LogP contribution in [0.3, 0.4) is 0 Å². The van der Waals surface area contributed by atoms with Crippen LogP contribution >= 0.6 is 0 Å². The molecule has 100 valence electrons. The van der Waals surface area contributed by atoms with Gasteiger partial charge in [-0.3, -0.25) is 15.1 Å². The van der Waals surface area contributed by atoms with Crippen molar-refractivity contribution in [2.24, 2.45) is 5.73 Å². The van der Waals surface area contributed by atoms with Gasteiger partial charge in [0.2, 0.25) is 0 Å². The number of hydrogen-bond donors (Lipinski definition) is 2. The van der Waals surface area contributed by atoms with Crippen molar-refractivity contribution >= 4 is 22.3 Å². The number of nitrogens with zero attached hydrogens (tertiary/aromatic N) is 2. The molecular formula is C13H16N4O2. The molecule has 1 unspecified atom stereocenters. The number of fused-ring (bicyclic) bond motifs is 1. The van der Waals surface area contributed by atoms with E-state index in [1.165, 1.54) is 0 Å². The molecule has 0 aliphatic heterocycles. The van der Waals surface area contributed by atoms with E-state index in [4.69, 9.17) is 5.73 Å². The summed E-state index contributed by atoms with van der Waals surface area (Å²) in [6, 6.07) is 6.88. The van der Waals surface area contributed by atoms with Gasteiger partial charge < -0.3 is 11.1 Å². The predicted molar refractivity (Wildman–Crippen MR) is 75.2 cm³/mol. The van der Waals surface area contributed by atoms with Crippen molar-refractivity contribution in [1.29, 1.82) is 0 Å². The second-order valence-electron chi connectivity index (χ2n) is 4.27. The van der Waals surface area contributed by atoms with E-state index in [-0.39, 0.29) is 16.7 Å². The van der Waals surface area contributed by atoms with Crippen LogP contribution in [-0.4, -0.2) is 22.5 Å². The van der Waals surface area contributed by atoms with Crippen LogP contribution in [0, 0.1) is 10.1 Å². The Hall–Kier alpha value is -2.21. The van der Waals surface area contributed by atoms with Crippen molar-refractivity contribution < 1.29 is 4.92 Å². The first-order valence-electron chi connectivity index (χ1n) is 6.16. The third-order valence-electron chi connectivity index (χ3n) is 3.08. The lowest BCUT2D eigenvalue weighted by molar-refractivity contribution is -0.382. The molecule has 0 bridgehead atoms. The zero-order valence-corrected chi connectivity index (χ0v) is 10.7. The highest BCUT2D eigenvalue weighted by atomic mass is 16.6. The SMILES string of the molecule is CCC(CN)Nc1ccc2ncccc2c1[N+](=O)[O-]. The Labute approximate surface area is 110 Å². The number of benzene rings is 1. The standard InChI is InChI=1S/C13H16N4O2/c1-2-9(8-14)16-12-6-5-11-10(4-3-7-15-11)13(12)17(18)19/h3-7,9,16H,2,8,14H2,1H3. The fourth-order valence-electron chi connectivity index (χ4n) is 2.00. The third-order valence-corrected chi connectivity index (χ3v) is 3.08. The van der Waals surface area contributed by atoms with E-state index in [1.54, 1.807) is 30.5 Å². The normalized spacial score (nSPS) is 12.3. The number of nitro benzene ring substituents is 1. The summed E-state index contributed by atoms with van der Waals surface area (Å²) in [6.45, 7) is 2.41. The zero-order valence-electron chi connectivity index (χ0n) is 10.7. The van der Waals surface area contributed by atoms with Gasteiger partial charge in [-0.1, -0.05) is 6.92 Å². The van der Waals surface area contributed by atoms with Gasteiger partial charge in [-0.05, 0) is 30.7 Å². The molecule has 19 heavy (non-hydrogen) atoms. The minimum absolute atomic E-state index is 0.0211. The smallest absolute Gasteiger partial charge is 0.301 e. The average Bonchev–Trinajstić information content (AvgIpc) is 2.43. The third kappa shape index (κ3) is 2.63. The highest BCUT2D eigenvalue weighted by molar-refractivity contribution is 5.94. The lowest BCUT2D eigenvalue weighted by atomic mass is 10.1. The van der Waals surface area contributed by atoms with Crippen molar-refractivity contribution in [3.63, 3.8) is 0 Å². The Morgan fingerprint density at radius 3 is 2.89 bits per heavy atom. The molecule has 0 saturated carbocycles. The highest BCUT2D eigenvalue weighted by Crippen LogP contribution is 2.32. The van der Waals surface area contributed by atoms with Crippen molar-refractivity contribution in [2.45, 2.75) is 19.4 Å². The molecule has 2 aromatic rings. The fourth-order valence-corrected chi connectivity index (χ4v) is 2.00. The highest BCUT2D eigenvalue weighted by Gasteiger charge is 2.20. The summed E-state index contributed by atoms with van der Waals surface area (Å²) in [5.74, 6) is 0. The van der Waals surface area contributed by atoms with Gasteiger partial charge in [0.25, 0.3) is 0 Å². The first-order valence-corrected chi connectivity index (χ1v) is 6.16. The lowest BCUT2D eigenvalue weighted by Crippen LogP contribution is -2.28. The van der Waals surface area contributed by atoms with E-state index in [1.807, 2.05) is 6.92 Å². The van der Waals surface area contributed by atoms with E-state index in [9.17, 15) is 10.1 Å². The molecule has 6 nitrogen and oxygen atoms in total. The summed E-state index contributed by atoms with van der Waals surface area (Å²) in [5, 5.41) is 15.0. The van der Waals surface area contributed by atoms with Crippen molar-refractivity contribution in [3.8, 4) is 0 Å². The number of nitro groups is 1. The van der Waals surface area contributed by atoms with Crippen LogP contribution in [0.1, 0.15) is 13.3 Å². The lowest BCUT2D eigenvalue weighted by Gasteiger charge is -2.16. The minimum Gasteiger partial charge on any atom is -0.375 e. The number of nitrogens with two attached hydrogens (primary N) is 1. The number of anilines is 1. The summed E-state index contributed by atoms with van der Waals surface area (Å²) in [7, 11) is 0. The largest absolute Gasteiger partial charge is 0.375 e. The molecule has 0 aliphatic carbocycles. The van der Waals surface area contributed by atoms with Crippen LogP contribution in [0.2, 0.25) is 0 Å². The molecule has 0 aliphatic rings. The molecule has 1 heterocycles. The van der Waals surface area contributed by atoms with Crippen LogP contribution in [-0.2, 0) is 0 Å². The number of pyridine rings is 1. The number of nitrogens with one attached hydrogen (secondary N) is 1. The number of rotatable bonds is 5. The monoisotopic (exact) mass is 260 g/mol. The van der Waals surface area contributed by atoms with Gasteiger partial charge in [0.1, 0.15) is 5.69 Å². The van der Waals surface area contributed by atoms with Gasteiger partial charge >= 0.3 is 5.69 Å². The number of hydrogen-bond acceptors (Lipinski definition) is 5. The van der Waals surface area contributed by atoms with Crippen molar-refractivity contribution in [1.82, 2.24) is 4.98 Å². The Balaban J connectivity index is 2.54. The fraction of sp³-hybridized carbons (Fsp3) is 0.308. The Bertz CT molecular complexity index is 596. The first kappa shape index (κ1) is 13.2. The molecule has 0 fully saturated rings. The van der Waals surface area contributed by atoms with Gasteiger partial charge in [-0.15, -0.1) is 0 Å². The van der Waals surface area contributed by atoms with Gasteiger partial charge in [0.15, 0.2) is 0 Å². The summed E-state index contributed by atoms with van der Waals surface area (Å²) in [4.78, 5) is 15.0. The van der Waals surface area contributed by atoms with Gasteiger partial charge in [0.05, 0.1) is 15.8 Å². The predicted octanol–water partition coefficient (Wildman–Crippen LogP) is 2.29. The van der Waals surface area contributed by atoms with Crippen molar-refractivity contribution in [3.05, 3.63) is 40.6 Å². The summed E-state index contributed by atoms with van der Waals surface area (Å²) >= 11 is 0. The topological polar surface area (TPSA) is 94.1 Å². The second-order valence-corrected chi connectivity index (χ2v) is 4.27. The molecule has 1 aromatic carbocycles. The van der Waals surface area contributed by atoms with E-state index in [2.05, 4.69) is 10.3 Å². The van der Waals surface area contributed by atoms with Crippen LogP contribution in [0.5, 0.6) is 0 Å². The minimum atomic E-state index is -0.379. The summed E-state index contributed by atoms with van der Waals surface area (Å²) < 4.78 is 0. The molecule has 0 radical (unpaired) electrons. The quantitative estimate of drug-likeness (QED) is 0.635. The molecule has 0 amide bonds. The van der Waals surface area contributed by atoms with Crippen molar-refractivity contribution in [2.75, 3.05) is 11.9 Å². The number of aromatic nitrogens is 1. The molecular weight excluding hydrogens is 244 g/mol. The Kier molecular flexibility index (Phi) is 3.91. The maximum atomic E-state index is 11.3. The van der Waals surface area contributed by atoms with Gasteiger partial charge in [-0.2, -0.15) is 0 Å². The van der Waals surface area contributed by atoms with E-state index in [0.717, 1.165) is 6.42 Å². The van der Waals surface area contributed by atoms with Gasteiger partial charge in [-0.25, -0.2) is 0 Å². The van der Waals surface area contributed by atoms with E-state index in [0.29, 0.717) is 23.1 Å². The first-order chi connectivity index (χ1) is 9.17. The maximum Gasteiger partial charge on any atom is 0.301 e. The van der Waals surface area contributed by atoms with E-state index >= 15 is 0 Å². The van der Waals surface area contributed by atoms with E-state index < -0.39 is 0 Å². The van der Waals surface area contributed by atoms with Crippen LogP contribution in [0.15, 0.2) is 30.5 Å².